The van der Waals surface area contributed by atoms with Crippen molar-refractivity contribution in [2.24, 2.45) is 0 Å². The Balaban J connectivity index is 2.62. The zero-order chi connectivity index (χ0) is 10.6. The van der Waals surface area contributed by atoms with Gasteiger partial charge in [0, 0.05) is 31.2 Å². The highest BCUT2D eigenvalue weighted by Gasteiger charge is 2.23. The molecule has 1 atom stereocenters. The molecule has 80 valence electrons. The summed E-state index contributed by atoms with van der Waals surface area (Å²) in [6, 6.07) is 0.316. The number of allylic oxidation sites excluding steroid dienone is 1. The molecule has 1 amide bonds. The molecule has 0 spiro atoms. The summed E-state index contributed by atoms with van der Waals surface area (Å²) in [4.78, 5) is 13.9. The average Bonchev–Trinajstić information content (AvgIpc) is 2.18. The number of piperazine rings is 1. The summed E-state index contributed by atoms with van der Waals surface area (Å²) in [5.74, 6) is 0.195. The molecule has 3 heteroatoms. The highest BCUT2D eigenvalue weighted by atomic mass is 16.2. The van der Waals surface area contributed by atoms with Gasteiger partial charge >= 0.3 is 0 Å². The average molecular weight is 196 g/mol. The van der Waals surface area contributed by atoms with Gasteiger partial charge < -0.3 is 10.2 Å². The maximum atomic E-state index is 11.9. The number of hydrogen-bond donors (Lipinski definition) is 1. The Morgan fingerprint density at radius 2 is 2.36 bits per heavy atom. The van der Waals surface area contributed by atoms with E-state index >= 15 is 0 Å². The van der Waals surface area contributed by atoms with Crippen LogP contribution >= 0.6 is 0 Å². The van der Waals surface area contributed by atoms with Crippen molar-refractivity contribution in [3.8, 4) is 0 Å². The summed E-state index contributed by atoms with van der Waals surface area (Å²) >= 11 is 0. The Morgan fingerprint density at radius 1 is 1.64 bits per heavy atom. The molecule has 1 fully saturated rings. The quantitative estimate of drug-likeness (QED) is 0.672. The van der Waals surface area contributed by atoms with E-state index < -0.39 is 0 Å². The van der Waals surface area contributed by atoms with Crippen molar-refractivity contribution in [2.45, 2.75) is 33.2 Å². The lowest BCUT2D eigenvalue weighted by molar-refractivity contribution is -0.129. The van der Waals surface area contributed by atoms with Gasteiger partial charge in [0.15, 0.2) is 0 Å². The monoisotopic (exact) mass is 196 g/mol. The molecule has 1 N–H and O–H groups in total. The zero-order valence-electron chi connectivity index (χ0n) is 9.34. The van der Waals surface area contributed by atoms with E-state index in [-0.39, 0.29) is 5.91 Å². The predicted molar refractivity (Wildman–Crippen MR) is 58.1 cm³/mol. The summed E-state index contributed by atoms with van der Waals surface area (Å²) < 4.78 is 0. The van der Waals surface area contributed by atoms with Crippen LogP contribution in [0.5, 0.6) is 0 Å². The molecule has 0 aromatic carbocycles. The maximum Gasteiger partial charge on any atom is 0.249 e. The molecule has 0 saturated carbocycles. The maximum absolute atomic E-state index is 11.9. The van der Waals surface area contributed by atoms with Crippen LogP contribution in [0.15, 0.2) is 11.6 Å². The summed E-state index contributed by atoms with van der Waals surface area (Å²) in [5, 5.41) is 3.28. The zero-order valence-corrected chi connectivity index (χ0v) is 9.34. The smallest absolute Gasteiger partial charge is 0.249 e. The molecule has 0 aromatic rings. The van der Waals surface area contributed by atoms with E-state index in [1.807, 2.05) is 17.9 Å². The van der Waals surface area contributed by atoms with E-state index in [2.05, 4.69) is 19.2 Å². The second kappa shape index (κ2) is 5.15. The fourth-order valence-electron chi connectivity index (χ4n) is 1.76. The Hall–Kier alpha value is -0.830. The summed E-state index contributed by atoms with van der Waals surface area (Å²) in [6.07, 6.45) is 2.93. The van der Waals surface area contributed by atoms with Crippen molar-refractivity contribution in [2.75, 3.05) is 19.6 Å². The minimum absolute atomic E-state index is 0.195. The van der Waals surface area contributed by atoms with Gasteiger partial charge in [0.1, 0.15) is 0 Å². The van der Waals surface area contributed by atoms with Gasteiger partial charge in [-0.2, -0.15) is 0 Å². The SMILES string of the molecule is CCC=C(C)C(=O)N1CCNCC1C. The third-order valence-electron chi connectivity index (χ3n) is 2.61. The van der Waals surface area contributed by atoms with Crippen molar-refractivity contribution in [1.29, 1.82) is 0 Å². The number of nitrogens with zero attached hydrogens (tertiary/aromatic N) is 1. The van der Waals surface area contributed by atoms with Crippen LogP contribution in [-0.4, -0.2) is 36.5 Å². The van der Waals surface area contributed by atoms with Crippen LogP contribution in [0.25, 0.3) is 0 Å². The third kappa shape index (κ3) is 2.58. The minimum atomic E-state index is 0.195. The van der Waals surface area contributed by atoms with Crippen LogP contribution in [0.2, 0.25) is 0 Å². The minimum Gasteiger partial charge on any atom is -0.334 e. The van der Waals surface area contributed by atoms with Crippen molar-refractivity contribution >= 4 is 5.91 Å². The largest absolute Gasteiger partial charge is 0.334 e. The third-order valence-corrected chi connectivity index (χ3v) is 2.61. The molecule has 3 nitrogen and oxygen atoms in total. The molecule has 1 rings (SSSR count). The lowest BCUT2D eigenvalue weighted by Gasteiger charge is -2.34. The topological polar surface area (TPSA) is 32.3 Å². The molecular formula is C11H20N2O. The van der Waals surface area contributed by atoms with E-state index in [9.17, 15) is 4.79 Å². The van der Waals surface area contributed by atoms with Gasteiger partial charge in [-0.3, -0.25) is 4.79 Å². The first-order chi connectivity index (χ1) is 6.66. The number of amides is 1. The number of carbonyl (C=O) groups is 1. The summed E-state index contributed by atoms with van der Waals surface area (Å²) in [7, 11) is 0. The van der Waals surface area contributed by atoms with Gasteiger partial charge in [0.05, 0.1) is 0 Å². The van der Waals surface area contributed by atoms with Crippen molar-refractivity contribution in [3.63, 3.8) is 0 Å². The summed E-state index contributed by atoms with van der Waals surface area (Å²) in [6.45, 7) is 8.69. The Morgan fingerprint density at radius 3 is 2.93 bits per heavy atom. The number of nitrogens with one attached hydrogen (secondary N) is 1. The van der Waals surface area contributed by atoms with E-state index in [1.54, 1.807) is 0 Å². The van der Waals surface area contributed by atoms with Crippen molar-refractivity contribution < 1.29 is 4.79 Å². The van der Waals surface area contributed by atoms with Crippen molar-refractivity contribution in [1.82, 2.24) is 10.2 Å². The lowest BCUT2D eigenvalue weighted by Crippen LogP contribution is -2.52. The van der Waals surface area contributed by atoms with Gasteiger partial charge in [-0.15, -0.1) is 0 Å². The number of hydrogen-bond acceptors (Lipinski definition) is 2. The predicted octanol–water partition coefficient (Wildman–Crippen LogP) is 1.16. The van der Waals surface area contributed by atoms with Crippen LogP contribution in [0, 0.1) is 0 Å². The Kier molecular flexibility index (Phi) is 4.14. The van der Waals surface area contributed by atoms with Crippen LogP contribution in [0.1, 0.15) is 27.2 Å². The van der Waals surface area contributed by atoms with Crippen LogP contribution in [-0.2, 0) is 4.79 Å². The van der Waals surface area contributed by atoms with E-state index in [1.165, 1.54) is 0 Å². The normalized spacial score (nSPS) is 23.8. The van der Waals surface area contributed by atoms with E-state index in [0.717, 1.165) is 31.6 Å². The summed E-state index contributed by atoms with van der Waals surface area (Å²) in [5.41, 5.74) is 0.876. The van der Waals surface area contributed by atoms with Crippen molar-refractivity contribution in [3.05, 3.63) is 11.6 Å². The van der Waals surface area contributed by atoms with Gasteiger partial charge in [-0.1, -0.05) is 13.0 Å². The molecule has 1 heterocycles. The molecule has 0 aromatic heterocycles. The first-order valence-electron chi connectivity index (χ1n) is 5.35. The second-order valence-electron chi connectivity index (χ2n) is 3.85. The van der Waals surface area contributed by atoms with Crippen LogP contribution in [0.4, 0.5) is 0 Å². The van der Waals surface area contributed by atoms with Crippen LogP contribution in [0.3, 0.4) is 0 Å². The highest BCUT2D eigenvalue weighted by Crippen LogP contribution is 2.08. The molecule has 0 bridgehead atoms. The molecule has 14 heavy (non-hydrogen) atoms. The number of rotatable bonds is 2. The Labute approximate surface area is 86.2 Å². The molecule has 1 aliphatic rings. The fraction of sp³-hybridized carbons (Fsp3) is 0.727. The van der Waals surface area contributed by atoms with Gasteiger partial charge in [0.25, 0.3) is 0 Å². The van der Waals surface area contributed by atoms with Gasteiger partial charge in [-0.05, 0) is 20.3 Å². The number of carbonyl (C=O) groups excluding carboxylic acids is 1. The molecule has 0 radical (unpaired) electrons. The molecule has 1 aliphatic heterocycles. The van der Waals surface area contributed by atoms with Crippen LogP contribution < -0.4 is 5.32 Å². The van der Waals surface area contributed by atoms with E-state index in [4.69, 9.17) is 0 Å². The highest BCUT2D eigenvalue weighted by molar-refractivity contribution is 5.93. The van der Waals surface area contributed by atoms with Gasteiger partial charge in [0.2, 0.25) is 5.91 Å². The second-order valence-corrected chi connectivity index (χ2v) is 3.85. The Bertz CT molecular complexity index is 235. The van der Waals surface area contributed by atoms with Gasteiger partial charge in [-0.25, -0.2) is 0 Å². The molecular weight excluding hydrogens is 176 g/mol. The molecule has 1 unspecified atom stereocenters. The molecule has 1 saturated heterocycles. The first kappa shape index (κ1) is 11.2. The lowest BCUT2D eigenvalue weighted by atomic mass is 10.1. The fourth-order valence-corrected chi connectivity index (χ4v) is 1.76. The van der Waals surface area contributed by atoms with E-state index in [0.29, 0.717) is 6.04 Å². The standard InChI is InChI=1S/C11H20N2O/c1-4-5-9(2)11(14)13-7-6-12-8-10(13)3/h5,10,12H,4,6-8H2,1-3H3. The molecule has 0 aliphatic carbocycles. The first-order valence-corrected chi connectivity index (χ1v) is 5.35.